The minimum absolute atomic E-state index is 1.10. The van der Waals surface area contributed by atoms with E-state index in [1.165, 1.54) is 58.2 Å². The van der Waals surface area contributed by atoms with E-state index in [2.05, 4.69) is 25.7 Å². The molecule has 0 aliphatic carbocycles. The van der Waals surface area contributed by atoms with Gasteiger partial charge in [-0.05, 0) is 38.9 Å². The molecule has 1 nitrogen and oxygen atoms in total. The maximum atomic E-state index is 3.87. The Bertz CT molecular complexity index is 95.4. The smallest absolute Gasteiger partial charge is 0.00187 e. The fourth-order valence-electron chi connectivity index (χ4n) is 1.83. The van der Waals surface area contributed by atoms with Gasteiger partial charge in [-0.25, -0.2) is 0 Å². The molecule has 0 aliphatic heterocycles. The van der Waals surface area contributed by atoms with Gasteiger partial charge in [0.15, 0.2) is 0 Å². The molecule has 1 radical (unpaired) electrons. The normalized spacial score (nSPS) is 11.1. The van der Waals surface area contributed by atoms with Gasteiger partial charge in [0.1, 0.15) is 0 Å². The summed E-state index contributed by atoms with van der Waals surface area (Å²) >= 11 is 0. The molecule has 85 valence electrons. The monoisotopic (exact) mass is 198 g/mol. The van der Waals surface area contributed by atoms with Gasteiger partial charge in [0.05, 0.1) is 0 Å². The largest absolute Gasteiger partial charge is 0.303 e. The van der Waals surface area contributed by atoms with Gasteiger partial charge in [-0.15, -0.1) is 0 Å². The summed E-state index contributed by atoms with van der Waals surface area (Å²) in [5.41, 5.74) is 0. The van der Waals surface area contributed by atoms with E-state index in [1.807, 2.05) is 0 Å². The molecule has 0 N–H and O–H groups in total. The van der Waals surface area contributed by atoms with Crippen LogP contribution in [0, 0.1) is 6.92 Å². The molecule has 0 bridgehead atoms. The number of hydrogen-bond donors (Lipinski definition) is 0. The van der Waals surface area contributed by atoms with E-state index in [0.717, 1.165) is 6.42 Å². The van der Waals surface area contributed by atoms with Gasteiger partial charge >= 0.3 is 0 Å². The summed E-state index contributed by atoms with van der Waals surface area (Å²) in [5, 5.41) is 0. The molecular weight excluding hydrogens is 170 g/mol. The zero-order valence-corrected chi connectivity index (χ0v) is 10.2. The van der Waals surface area contributed by atoms with E-state index in [4.69, 9.17) is 0 Å². The highest BCUT2D eigenvalue weighted by atomic mass is 15.1. The molecule has 0 aromatic rings. The Morgan fingerprint density at radius 3 is 1.86 bits per heavy atom. The Morgan fingerprint density at radius 1 is 0.786 bits per heavy atom. The average molecular weight is 198 g/mol. The standard InChI is InChI=1S/C13H28N/c1-4-7-8-9-10-13-14(11-5-2)12-6-3/h1,4-13H2,2-3H3. The molecule has 0 saturated heterocycles. The molecule has 0 aromatic carbocycles. The van der Waals surface area contributed by atoms with Crippen molar-refractivity contribution >= 4 is 0 Å². The van der Waals surface area contributed by atoms with Crippen molar-refractivity contribution in [3.63, 3.8) is 0 Å². The first-order valence-corrected chi connectivity index (χ1v) is 6.36. The second-order valence-electron chi connectivity index (χ2n) is 4.11. The lowest BCUT2D eigenvalue weighted by Crippen LogP contribution is -2.26. The summed E-state index contributed by atoms with van der Waals surface area (Å²) < 4.78 is 0. The Hall–Kier alpha value is -0.0400. The summed E-state index contributed by atoms with van der Waals surface area (Å²) in [5.74, 6) is 0. The average Bonchev–Trinajstić information content (AvgIpc) is 2.18. The van der Waals surface area contributed by atoms with Crippen molar-refractivity contribution < 1.29 is 0 Å². The van der Waals surface area contributed by atoms with Crippen LogP contribution in [0.3, 0.4) is 0 Å². The van der Waals surface area contributed by atoms with Crippen molar-refractivity contribution in [3.8, 4) is 0 Å². The lowest BCUT2D eigenvalue weighted by Gasteiger charge is -2.20. The van der Waals surface area contributed by atoms with E-state index in [0.29, 0.717) is 0 Å². The van der Waals surface area contributed by atoms with Crippen LogP contribution >= 0.6 is 0 Å². The molecule has 14 heavy (non-hydrogen) atoms. The zero-order chi connectivity index (χ0) is 10.6. The molecule has 0 rings (SSSR count). The molecular formula is C13H28N. The maximum Gasteiger partial charge on any atom is -0.00187 e. The van der Waals surface area contributed by atoms with Crippen LogP contribution in [0.25, 0.3) is 0 Å². The maximum absolute atomic E-state index is 3.87. The highest BCUT2D eigenvalue weighted by Crippen LogP contribution is 2.04. The van der Waals surface area contributed by atoms with Gasteiger partial charge < -0.3 is 4.90 Å². The molecule has 0 fully saturated rings. The van der Waals surface area contributed by atoms with E-state index >= 15 is 0 Å². The SMILES string of the molecule is [CH2]CCCCCCN(CCC)CCC. The Kier molecular flexibility index (Phi) is 11.0. The fourth-order valence-corrected chi connectivity index (χ4v) is 1.83. The highest BCUT2D eigenvalue weighted by Gasteiger charge is 2.00. The third-order valence-electron chi connectivity index (χ3n) is 2.55. The van der Waals surface area contributed by atoms with Gasteiger partial charge in [0.25, 0.3) is 0 Å². The van der Waals surface area contributed by atoms with Crippen LogP contribution in [0.5, 0.6) is 0 Å². The Balaban J connectivity index is 3.30. The molecule has 0 spiro atoms. The van der Waals surface area contributed by atoms with Gasteiger partial charge in [0, 0.05) is 0 Å². The molecule has 1 heteroatoms. The van der Waals surface area contributed by atoms with E-state index in [9.17, 15) is 0 Å². The first kappa shape index (κ1) is 14.0. The third-order valence-corrected chi connectivity index (χ3v) is 2.55. The first-order valence-electron chi connectivity index (χ1n) is 6.36. The van der Waals surface area contributed by atoms with Crippen molar-refractivity contribution in [2.75, 3.05) is 19.6 Å². The number of nitrogens with zero attached hydrogens (tertiary/aromatic N) is 1. The zero-order valence-electron chi connectivity index (χ0n) is 10.2. The van der Waals surface area contributed by atoms with Gasteiger partial charge in [-0.1, -0.05) is 46.5 Å². The topological polar surface area (TPSA) is 3.24 Å². The van der Waals surface area contributed by atoms with Crippen LogP contribution in [-0.4, -0.2) is 24.5 Å². The van der Waals surface area contributed by atoms with Crippen molar-refractivity contribution in [3.05, 3.63) is 6.92 Å². The Morgan fingerprint density at radius 2 is 1.36 bits per heavy atom. The van der Waals surface area contributed by atoms with Crippen LogP contribution < -0.4 is 0 Å². The van der Waals surface area contributed by atoms with E-state index < -0.39 is 0 Å². The fraction of sp³-hybridized carbons (Fsp3) is 0.923. The molecule has 0 saturated carbocycles. The Labute approximate surface area is 90.9 Å². The molecule has 0 heterocycles. The van der Waals surface area contributed by atoms with E-state index in [-0.39, 0.29) is 0 Å². The molecule has 0 amide bonds. The van der Waals surface area contributed by atoms with Crippen molar-refractivity contribution in [1.29, 1.82) is 0 Å². The molecule has 0 unspecified atom stereocenters. The van der Waals surface area contributed by atoms with Crippen molar-refractivity contribution in [1.82, 2.24) is 4.90 Å². The minimum atomic E-state index is 1.10. The summed E-state index contributed by atoms with van der Waals surface area (Å²) in [6.45, 7) is 12.3. The second-order valence-corrected chi connectivity index (χ2v) is 4.11. The summed E-state index contributed by atoms with van der Waals surface area (Å²) in [6, 6.07) is 0. The lowest BCUT2D eigenvalue weighted by molar-refractivity contribution is 0.268. The van der Waals surface area contributed by atoms with Crippen LogP contribution in [0.15, 0.2) is 0 Å². The van der Waals surface area contributed by atoms with Crippen LogP contribution in [0.1, 0.15) is 58.8 Å². The molecule has 0 aromatic heterocycles. The summed E-state index contributed by atoms with van der Waals surface area (Å²) in [4.78, 5) is 2.60. The van der Waals surface area contributed by atoms with E-state index in [1.54, 1.807) is 0 Å². The molecule has 0 atom stereocenters. The van der Waals surface area contributed by atoms with Gasteiger partial charge in [-0.2, -0.15) is 0 Å². The summed E-state index contributed by atoms with van der Waals surface area (Å²) in [6.07, 6.45) is 9.13. The number of unbranched alkanes of at least 4 members (excludes halogenated alkanes) is 4. The molecule has 0 aliphatic rings. The van der Waals surface area contributed by atoms with Gasteiger partial charge in [-0.3, -0.25) is 0 Å². The number of rotatable bonds is 10. The van der Waals surface area contributed by atoms with Crippen LogP contribution in [-0.2, 0) is 0 Å². The van der Waals surface area contributed by atoms with Crippen LogP contribution in [0.2, 0.25) is 0 Å². The van der Waals surface area contributed by atoms with Crippen LogP contribution in [0.4, 0.5) is 0 Å². The second kappa shape index (κ2) is 11.0. The van der Waals surface area contributed by atoms with Crippen molar-refractivity contribution in [2.24, 2.45) is 0 Å². The quantitative estimate of drug-likeness (QED) is 0.481. The number of hydrogen-bond acceptors (Lipinski definition) is 1. The lowest BCUT2D eigenvalue weighted by atomic mass is 10.1. The third kappa shape index (κ3) is 8.55. The predicted octanol–water partition coefficient (Wildman–Crippen LogP) is 3.89. The minimum Gasteiger partial charge on any atom is -0.303 e. The first-order chi connectivity index (χ1) is 6.85. The van der Waals surface area contributed by atoms with Gasteiger partial charge in [0.2, 0.25) is 0 Å². The van der Waals surface area contributed by atoms with Crippen molar-refractivity contribution in [2.45, 2.75) is 58.8 Å². The summed E-state index contributed by atoms with van der Waals surface area (Å²) in [7, 11) is 0. The predicted molar refractivity (Wildman–Crippen MR) is 65.5 cm³/mol. The highest BCUT2D eigenvalue weighted by molar-refractivity contribution is 4.56.